The van der Waals surface area contributed by atoms with Gasteiger partial charge in [-0.1, -0.05) is 0 Å². The van der Waals surface area contributed by atoms with Crippen molar-refractivity contribution in [3.63, 3.8) is 0 Å². The average Bonchev–Trinajstić information content (AvgIpc) is 2.97. The van der Waals surface area contributed by atoms with Gasteiger partial charge in [-0.15, -0.1) is 11.3 Å². The van der Waals surface area contributed by atoms with E-state index in [1.165, 1.54) is 0 Å². The van der Waals surface area contributed by atoms with Crippen LogP contribution in [0.25, 0.3) is 10.6 Å². The van der Waals surface area contributed by atoms with Gasteiger partial charge in [-0.2, -0.15) is 0 Å². The molecule has 116 valence electrons. The summed E-state index contributed by atoms with van der Waals surface area (Å²) in [7, 11) is 0. The second-order valence-electron chi connectivity index (χ2n) is 4.73. The molecule has 2 aromatic rings. The van der Waals surface area contributed by atoms with Gasteiger partial charge in [0.2, 0.25) is 5.91 Å². The van der Waals surface area contributed by atoms with E-state index in [1.807, 2.05) is 17.5 Å². The molecule has 0 aliphatic rings. The lowest BCUT2D eigenvalue weighted by Gasteiger charge is -2.03. The standard InChI is InChI=1S/C15H17N3O3S/c19-13(4-1-5-14(20)21)17-8-6-12-10-22-15(18-12)11-3-2-7-16-9-11/h2-3,7,9-10H,1,4-6,8H2,(H,17,19)(H,20,21). The van der Waals surface area contributed by atoms with Crippen molar-refractivity contribution >= 4 is 23.2 Å². The van der Waals surface area contributed by atoms with Crippen molar-refractivity contribution in [3.8, 4) is 10.6 Å². The first-order valence-electron chi connectivity index (χ1n) is 6.98. The summed E-state index contributed by atoms with van der Waals surface area (Å²) in [6.45, 7) is 0.502. The minimum atomic E-state index is -0.877. The highest BCUT2D eigenvalue weighted by molar-refractivity contribution is 7.13. The number of amides is 1. The molecular weight excluding hydrogens is 302 g/mol. The van der Waals surface area contributed by atoms with Gasteiger partial charge in [0, 0.05) is 49.1 Å². The van der Waals surface area contributed by atoms with Gasteiger partial charge >= 0.3 is 5.97 Å². The normalized spacial score (nSPS) is 10.4. The Kier molecular flexibility index (Phi) is 6.02. The van der Waals surface area contributed by atoms with Crippen LogP contribution >= 0.6 is 11.3 Å². The highest BCUT2D eigenvalue weighted by Gasteiger charge is 2.06. The predicted octanol–water partition coefficient (Wildman–Crippen LogP) is 2.12. The lowest BCUT2D eigenvalue weighted by atomic mass is 10.2. The van der Waals surface area contributed by atoms with Crippen LogP contribution in [-0.2, 0) is 16.0 Å². The van der Waals surface area contributed by atoms with Crippen LogP contribution in [0.15, 0.2) is 29.9 Å². The second kappa shape index (κ2) is 8.23. The molecule has 0 aliphatic carbocycles. The van der Waals surface area contributed by atoms with E-state index >= 15 is 0 Å². The number of aromatic nitrogens is 2. The number of hydrogen-bond acceptors (Lipinski definition) is 5. The number of aliphatic carboxylic acids is 1. The highest BCUT2D eigenvalue weighted by Crippen LogP contribution is 2.22. The van der Waals surface area contributed by atoms with Crippen molar-refractivity contribution in [1.29, 1.82) is 0 Å². The lowest BCUT2D eigenvalue weighted by molar-refractivity contribution is -0.137. The molecule has 0 saturated carbocycles. The fraction of sp³-hybridized carbons (Fsp3) is 0.333. The Bertz CT molecular complexity index is 628. The fourth-order valence-corrected chi connectivity index (χ4v) is 2.71. The Labute approximate surface area is 132 Å². The number of carbonyl (C=O) groups excluding carboxylic acids is 1. The van der Waals surface area contributed by atoms with Gasteiger partial charge in [-0.3, -0.25) is 14.6 Å². The zero-order valence-corrected chi connectivity index (χ0v) is 12.8. The molecule has 2 rings (SSSR count). The maximum atomic E-state index is 11.5. The first-order chi connectivity index (χ1) is 10.6. The summed E-state index contributed by atoms with van der Waals surface area (Å²) in [4.78, 5) is 30.4. The number of hydrogen-bond donors (Lipinski definition) is 2. The van der Waals surface area contributed by atoms with E-state index < -0.39 is 5.97 Å². The molecule has 0 aromatic carbocycles. The number of carbonyl (C=O) groups is 2. The minimum Gasteiger partial charge on any atom is -0.481 e. The third-order valence-electron chi connectivity index (χ3n) is 2.96. The monoisotopic (exact) mass is 319 g/mol. The third kappa shape index (κ3) is 5.25. The van der Waals surface area contributed by atoms with E-state index in [-0.39, 0.29) is 18.7 Å². The Hall–Kier alpha value is -2.28. The maximum absolute atomic E-state index is 11.5. The number of carboxylic acids is 1. The molecule has 0 saturated heterocycles. The average molecular weight is 319 g/mol. The molecule has 22 heavy (non-hydrogen) atoms. The molecule has 2 aromatic heterocycles. The summed E-state index contributed by atoms with van der Waals surface area (Å²) in [5.74, 6) is -0.998. The number of thiazole rings is 1. The smallest absolute Gasteiger partial charge is 0.303 e. The number of carboxylic acid groups (broad SMARTS) is 1. The first-order valence-corrected chi connectivity index (χ1v) is 7.86. The third-order valence-corrected chi connectivity index (χ3v) is 3.90. The summed E-state index contributed by atoms with van der Waals surface area (Å²) in [6.07, 6.45) is 4.77. The predicted molar refractivity (Wildman–Crippen MR) is 83.5 cm³/mol. The molecule has 2 heterocycles. The number of pyridine rings is 1. The van der Waals surface area contributed by atoms with Crippen LogP contribution in [-0.4, -0.2) is 33.5 Å². The zero-order chi connectivity index (χ0) is 15.8. The summed E-state index contributed by atoms with van der Waals surface area (Å²) in [5.41, 5.74) is 1.91. The molecule has 1 amide bonds. The molecule has 2 N–H and O–H groups in total. The largest absolute Gasteiger partial charge is 0.481 e. The van der Waals surface area contributed by atoms with Crippen LogP contribution in [0, 0.1) is 0 Å². The second-order valence-corrected chi connectivity index (χ2v) is 5.59. The SMILES string of the molecule is O=C(O)CCCC(=O)NCCc1csc(-c2cccnc2)n1. The zero-order valence-electron chi connectivity index (χ0n) is 12.0. The summed E-state index contributed by atoms with van der Waals surface area (Å²) >= 11 is 1.55. The molecule has 0 atom stereocenters. The van der Waals surface area contributed by atoms with E-state index in [1.54, 1.807) is 23.7 Å². The molecule has 6 nitrogen and oxygen atoms in total. The van der Waals surface area contributed by atoms with Crippen LogP contribution in [0.4, 0.5) is 0 Å². The van der Waals surface area contributed by atoms with Gasteiger partial charge in [0.1, 0.15) is 5.01 Å². The number of rotatable bonds is 8. The van der Waals surface area contributed by atoms with Crippen LogP contribution in [0.3, 0.4) is 0 Å². The van der Waals surface area contributed by atoms with Gasteiger partial charge in [0.05, 0.1) is 5.69 Å². The Balaban J connectivity index is 1.73. The molecule has 0 aliphatic heterocycles. The van der Waals surface area contributed by atoms with E-state index in [0.717, 1.165) is 16.3 Å². The van der Waals surface area contributed by atoms with Gasteiger partial charge < -0.3 is 10.4 Å². The minimum absolute atomic E-state index is 0.0218. The summed E-state index contributed by atoms with van der Waals surface area (Å²) < 4.78 is 0. The van der Waals surface area contributed by atoms with Crippen LogP contribution in [0.5, 0.6) is 0 Å². The van der Waals surface area contributed by atoms with E-state index in [9.17, 15) is 9.59 Å². The number of nitrogens with zero attached hydrogens (tertiary/aromatic N) is 2. The number of nitrogens with one attached hydrogen (secondary N) is 1. The molecule has 0 bridgehead atoms. The van der Waals surface area contributed by atoms with Crippen molar-refractivity contribution in [3.05, 3.63) is 35.6 Å². The molecule has 0 radical (unpaired) electrons. The Morgan fingerprint density at radius 1 is 1.32 bits per heavy atom. The van der Waals surface area contributed by atoms with Crippen molar-refractivity contribution in [1.82, 2.24) is 15.3 Å². The topological polar surface area (TPSA) is 92.2 Å². The van der Waals surface area contributed by atoms with Gasteiger partial charge in [0.15, 0.2) is 0 Å². The summed E-state index contributed by atoms with van der Waals surface area (Å²) in [5, 5.41) is 14.2. The highest BCUT2D eigenvalue weighted by atomic mass is 32.1. The van der Waals surface area contributed by atoms with Crippen molar-refractivity contribution in [2.45, 2.75) is 25.7 Å². The van der Waals surface area contributed by atoms with Crippen molar-refractivity contribution in [2.75, 3.05) is 6.54 Å². The van der Waals surface area contributed by atoms with E-state index in [2.05, 4.69) is 15.3 Å². The quantitative estimate of drug-likeness (QED) is 0.777. The fourth-order valence-electron chi connectivity index (χ4n) is 1.86. The summed E-state index contributed by atoms with van der Waals surface area (Å²) in [6, 6.07) is 3.83. The lowest BCUT2D eigenvalue weighted by Crippen LogP contribution is -2.25. The Morgan fingerprint density at radius 3 is 2.91 bits per heavy atom. The van der Waals surface area contributed by atoms with Crippen LogP contribution in [0.2, 0.25) is 0 Å². The van der Waals surface area contributed by atoms with Crippen molar-refractivity contribution in [2.24, 2.45) is 0 Å². The maximum Gasteiger partial charge on any atom is 0.303 e. The molecule has 0 spiro atoms. The Morgan fingerprint density at radius 2 is 2.18 bits per heavy atom. The molecular formula is C15H17N3O3S. The van der Waals surface area contributed by atoms with E-state index in [4.69, 9.17) is 5.11 Å². The van der Waals surface area contributed by atoms with Gasteiger partial charge in [-0.25, -0.2) is 4.98 Å². The van der Waals surface area contributed by atoms with Gasteiger partial charge in [-0.05, 0) is 18.6 Å². The molecule has 7 heteroatoms. The first kappa shape index (κ1) is 16.1. The van der Waals surface area contributed by atoms with Crippen LogP contribution < -0.4 is 5.32 Å². The van der Waals surface area contributed by atoms with Crippen LogP contribution in [0.1, 0.15) is 25.0 Å². The molecule has 0 unspecified atom stereocenters. The van der Waals surface area contributed by atoms with Gasteiger partial charge in [0.25, 0.3) is 0 Å². The van der Waals surface area contributed by atoms with Crippen molar-refractivity contribution < 1.29 is 14.7 Å². The van der Waals surface area contributed by atoms with E-state index in [0.29, 0.717) is 19.4 Å². The molecule has 0 fully saturated rings.